The van der Waals surface area contributed by atoms with E-state index in [1.165, 1.54) is 11.1 Å². The lowest BCUT2D eigenvalue weighted by Gasteiger charge is -2.57. The van der Waals surface area contributed by atoms with Crippen molar-refractivity contribution < 1.29 is 19.4 Å². The molecule has 2 aromatic rings. The molecule has 2 bridgehead atoms. The Morgan fingerprint density at radius 3 is 2.96 bits per heavy atom. The molecular weight excluding hydrogens is 356 g/mol. The third-order valence-electron chi connectivity index (χ3n) is 7.91. The van der Waals surface area contributed by atoms with E-state index < -0.39 is 5.97 Å². The Bertz CT molecular complexity index is 1040. The van der Waals surface area contributed by atoms with Gasteiger partial charge in [0.15, 0.2) is 11.5 Å². The molecule has 6 nitrogen and oxygen atoms in total. The lowest BCUT2D eigenvalue weighted by molar-refractivity contribution is -0.0256. The normalized spacial score (nSPS) is 31.8. The van der Waals surface area contributed by atoms with Crippen LogP contribution in [0.2, 0.25) is 0 Å². The maximum absolute atomic E-state index is 11.8. The number of likely N-dealkylation sites (tertiary alicyclic amines) is 1. The van der Waals surface area contributed by atoms with Crippen LogP contribution in [0.25, 0.3) is 0 Å². The van der Waals surface area contributed by atoms with Gasteiger partial charge in [0.25, 0.3) is 0 Å². The van der Waals surface area contributed by atoms with Crippen LogP contribution < -0.4 is 9.47 Å². The van der Waals surface area contributed by atoms with Gasteiger partial charge in [-0.15, -0.1) is 0 Å². The van der Waals surface area contributed by atoms with E-state index in [9.17, 15) is 9.90 Å². The summed E-state index contributed by atoms with van der Waals surface area (Å²) in [5.74, 6) is 1.17. The smallest absolute Gasteiger partial charge is 0.352 e. The summed E-state index contributed by atoms with van der Waals surface area (Å²) >= 11 is 0. The van der Waals surface area contributed by atoms with Gasteiger partial charge >= 0.3 is 5.97 Å². The van der Waals surface area contributed by atoms with E-state index in [-0.39, 0.29) is 11.5 Å². The van der Waals surface area contributed by atoms with Crippen LogP contribution in [-0.2, 0) is 18.3 Å². The molecular formula is C22H24N2O4. The average molecular weight is 380 g/mol. The summed E-state index contributed by atoms with van der Waals surface area (Å²) < 4.78 is 12.3. The molecule has 4 aliphatic rings. The summed E-state index contributed by atoms with van der Waals surface area (Å²) in [5.41, 5.74) is 5.83. The van der Waals surface area contributed by atoms with Crippen molar-refractivity contribution in [3.05, 3.63) is 45.8 Å². The van der Waals surface area contributed by atoms with Crippen LogP contribution in [0.5, 0.6) is 11.5 Å². The second-order valence-corrected chi connectivity index (χ2v) is 8.80. The number of carboxylic acid groups (broad SMARTS) is 1. The number of methoxy groups -OCH3 is 1. The van der Waals surface area contributed by atoms with E-state index in [1.54, 1.807) is 7.11 Å². The van der Waals surface area contributed by atoms with Crippen molar-refractivity contribution in [1.29, 1.82) is 0 Å². The third kappa shape index (κ3) is 1.67. The van der Waals surface area contributed by atoms with Crippen LogP contribution >= 0.6 is 0 Å². The molecule has 0 amide bonds. The fourth-order valence-corrected chi connectivity index (χ4v) is 6.65. The lowest BCUT2D eigenvalue weighted by atomic mass is 9.51. The molecule has 0 saturated carbocycles. The molecule has 2 aliphatic carbocycles. The molecule has 28 heavy (non-hydrogen) atoms. The van der Waals surface area contributed by atoms with E-state index in [2.05, 4.69) is 23.0 Å². The number of piperidine rings is 1. The van der Waals surface area contributed by atoms with E-state index >= 15 is 0 Å². The molecule has 6 rings (SSSR count). The molecule has 1 spiro atoms. The molecule has 1 aromatic heterocycles. The molecule has 2 N–H and O–H groups in total. The van der Waals surface area contributed by atoms with E-state index in [4.69, 9.17) is 9.47 Å². The number of fused-ring (bicyclic) bond motifs is 2. The van der Waals surface area contributed by atoms with E-state index in [0.29, 0.717) is 17.7 Å². The molecule has 2 aliphatic heterocycles. The highest BCUT2D eigenvalue weighted by Crippen LogP contribution is 2.67. The standard InChI is InChI=1S/C22H24N2O4/c1-10-12-9-13-14-8-11-4-5-15(27-3)19-16(11)22(13,6-7-24(14)2)20(28-19)18(12)23-17(10)21(25)26/h4-5,13-14,20,23H,6-9H2,1-3H3,(H,25,26)/t13-,14-,20-,22-/m0/s1. The number of aromatic nitrogens is 1. The Kier molecular flexibility index (Phi) is 3.01. The highest BCUT2D eigenvalue weighted by atomic mass is 16.5. The van der Waals surface area contributed by atoms with Gasteiger partial charge in [-0.05, 0) is 68.5 Å². The highest BCUT2D eigenvalue weighted by molar-refractivity contribution is 5.88. The average Bonchev–Trinajstić information content (AvgIpc) is 3.19. The summed E-state index contributed by atoms with van der Waals surface area (Å²) in [7, 11) is 3.91. The Hall–Kier alpha value is -2.47. The number of nitrogens with one attached hydrogen (secondary N) is 1. The van der Waals surface area contributed by atoms with Gasteiger partial charge in [-0.1, -0.05) is 6.07 Å². The zero-order chi connectivity index (χ0) is 19.4. The van der Waals surface area contributed by atoms with E-state index in [1.807, 2.05) is 13.0 Å². The Labute approximate surface area is 163 Å². The molecule has 1 fully saturated rings. The third-order valence-corrected chi connectivity index (χ3v) is 7.91. The van der Waals surface area contributed by atoms with Crippen LogP contribution in [0.4, 0.5) is 0 Å². The second kappa shape index (κ2) is 5.11. The van der Waals surface area contributed by atoms with Crippen molar-refractivity contribution in [3.8, 4) is 11.5 Å². The zero-order valence-electron chi connectivity index (χ0n) is 16.3. The predicted molar refractivity (Wildman–Crippen MR) is 102 cm³/mol. The molecule has 4 atom stereocenters. The molecule has 3 heterocycles. The van der Waals surface area contributed by atoms with Gasteiger partial charge in [-0.3, -0.25) is 0 Å². The predicted octanol–water partition coefficient (Wildman–Crippen LogP) is 2.83. The minimum atomic E-state index is -0.902. The monoisotopic (exact) mass is 380 g/mol. The first-order chi connectivity index (χ1) is 13.5. The number of rotatable bonds is 2. The molecule has 146 valence electrons. The van der Waals surface area contributed by atoms with Gasteiger partial charge in [0.05, 0.1) is 12.8 Å². The van der Waals surface area contributed by atoms with Crippen LogP contribution in [0.15, 0.2) is 12.1 Å². The number of aromatic carboxylic acids is 1. The summed E-state index contributed by atoms with van der Waals surface area (Å²) in [6.45, 7) is 2.95. The van der Waals surface area contributed by atoms with Gasteiger partial charge in [0, 0.05) is 17.0 Å². The molecule has 0 unspecified atom stereocenters. The van der Waals surface area contributed by atoms with Crippen molar-refractivity contribution >= 4 is 5.97 Å². The number of carbonyl (C=O) groups is 1. The van der Waals surface area contributed by atoms with Gasteiger partial charge < -0.3 is 24.5 Å². The number of carboxylic acids is 1. The number of H-pyrrole nitrogens is 1. The summed E-state index contributed by atoms with van der Waals surface area (Å²) in [6, 6.07) is 4.66. The van der Waals surface area contributed by atoms with Crippen molar-refractivity contribution in [2.45, 2.75) is 43.7 Å². The Morgan fingerprint density at radius 2 is 2.21 bits per heavy atom. The highest BCUT2D eigenvalue weighted by Gasteiger charge is 2.65. The maximum atomic E-state index is 11.8. The van der Waals surface area contributed by atoms with Crippen LogP contribution in [0.3, 0.4) is 0 Å². The van der Waals surface area contributed by atoms with Crippen molar-refractivity contribution in [2.75, 3.05) is 20.7 Å². The minimum absolute atomic E-state index is 0.102. The first kappa shape index (κ1) is 16.5. The zero-order valence-corrected chi connectivity index (χ0v) is 16.3. The topological polar surface area (TPSA) is 74.8 Å². The summed E-state index contributed by atoms with van der Waals surface area (Å²) in [6.07, 6.45) is 2.75. The quantitative estimate of drug-likeness (QED) is 0.838. The number of hydrogen-bond donors (Lipinski definition) is 2. The largest absolute Gasteiger partial charge is 0.493 e. The van der Waals surface area contributed by atoms with Crippen molar-refractivity contribution in [3.63, 3.8) is 0 Å². The Morgan fingerprint density at radius 1 is 1.39 bits per heavy atom. The number of hydrogen-bond acceptors (Lipinski definition) is 4. The second-order valence-electron chi connectivity index (χ2n) is 8.80. The number of ether oxygens (including phenoxy) is 2. The van der Waals surface area contributed by atoms with Crippen molar-refractivity contribution in [1.82, 2.24) is 9.88 Å². The first-order valence-corrected chi connectivity index (χ1v) is 9.99. The molecule has 1 saturated heterocycles. The van der Waals surface area contributed by atoms with Crippen LogP contribution in [0, 0.1) is 12.8 Å². The van der Waals surface area contributed by atoms with Gasteiger partial charge in [-0.25, -0.2) is 4.79 Å². The molecule has 1 aromatic carbocycles. The fraction of sp³-hybridized carbons (Fsp3) is 0.500. The summed E-state index contributed by atoms with van der Waals surface area (Å²) in [4.78, 5) is 17.5. The SMILES string of the molecule is COc1ccc2c3c1O[C@H]1c4[nH]c(C(=O)O)c(C)c4C[C@H]4[C@H](C2)N(C)CC[C@]314. The fourth-order valence-electron chi connectivity index (χ4n) is 6.65. The van der Waals surface area contributed by atoms with E-state index in [0.717, 1.165) is 54.1 Å². The number of likely N-dealkylation sites (N-methyl/N-ethyl adjacent to an activating group) is 1. The molecule has 0 radical (unpaired) electrons. The molecule has 6 heteroatoms. The van der Waals surface area contributed by atoms with Crippen LogP contribution in [-0.4, -0.2) is 47.7 Å². The Balaban J connectivity index is 1.66. The minimum Gasteiger partial charge on any atom is -0.493 e. The lowest BCUT2D eigenvalue weighted by Crippen LogP contribution is -2.62. The van der Waals surface area contributed by atoms with Crippen molar-refractivity contribution in [2.24, 2.45) is 5.92 Å². The maximum Gasteiger partial charge on any atom is 0.352 e. The van der Waals surface area contributed by atoms with Gasteiger partial charge in [0.2, 0.25) is 0 Å². The van der Waals surface area contributed by atoms with Gasteiger partial charge in [0.1, 0.15) is 11.8 Å². The van der Waals surface area contributed by atoms with Crippen LogP contribution in [0.1, 0.15) is 51.0 Å². The summed E-state index contributed by atoms with van der Waals surface area (Å²) in [5, 5.41) is 9.67. The van der Waals surface area contributed by atoms with Gasteiger partial charge in [-0.2, -0.15) is 0 Å². The first-order valence-electron chi connectivity index (χ1n) is 9.99. The number of nitrogens with zero attached hydrogens (tertiary/aromatic N) is 1. The number of aromatic amines is 1. The number of benzene rings is 1.